The molecule has 1 aromatic rings. The first-order valence-electron chi connectivity index (χ1n) is 15.6. The van der Waals surface area contributed by atoms with Gasteiger partial charge in [-0.1, -0.05) is 38.1 Å². The Balaban J connectivity index is 2.38. The van der Waals surface area contributed by atoms with Crippen molar-refractivity contribution in [2.75, 3.05) is 13.1 Å². The van der Waals surface area contributed by atoms with Crippen LogP contribution in [0.5, 0.6) is 5.75 Å². The molecule has 10 N–H and O–H groups in total. The quantitative estimate of drug-likeness (QED) is 0.0997. The number of carboxylic acids is 1. The molecule has 0 spiro atoms. The Labute approximate surface area is 269 Å². The molecule has 1 aliphatic heterocycles. The lowest BCUT2D eigenvalue weighted by molar-refractivity contribution is -0.144. The van der Waals surface area contributed by atoms with Crippen LogP contribution >= 0.6 is 0 Å². The summed E-state index contributed by atoms with van der Waals surface area (Å²) in [6.07, 6.45) is 4.53. The zero-order valence-corrected chi connectivity index (χ0v) is 26.5. The third-order valence-electron chi connectivity index (χ3n) is 7.55. The van der Waals surface area contributed by atoms with Gasteiger partial charge in [-0.15, -0.1) is 0 Å². The van der Waals surface area contributed by atoms with E-state index < -0.39 is 72.0 Å². The number of carbonyl (C=O) groups is 6. The van der Waals surface area contributed by atoms with E-state index in [1.165, 1.54) is 12.1 Å². The molecule has 0 bridgehead atoms. The monoisotopic (exact) mass is 644 g/mol. The summed E-state index contributed by atoms with van der Waals surface area (Å²) in [7, 11) is 0. The molecule has 0 aromatic heterocycles. The van der Waals surface area contributed by atoms with Crippen LogP contribution in [0.3, 0.4) is 0 Å². The molecular formula is C32H48N6O8. The predicted molar refractivity (Wildman–Crippen MR) is 170 cm³/mol. The van der Waals surface area contributed by atoms with Crippen molar-refractivity contribution in [2.45, 2.75) is 89.4 Å². The van der Waals surface area contributed by atoms with Crippen molar-refractivity contribution in [3.63, 3.8) is 0 Å². The van der Waals surface area contributed by atoms with Gasteiger partial charge in [0.15, 0.2) is 5.78 Å². The van der Waals surface area contributed by atoms with Crippen molar-refractivity contribution in [1.29, 1.82) is 0 Å². The van der Waals surface area contributed by atoms with Gasteiger partial charge >= 0.3 is 5.97 Å². The van der Waals surface area contributed by atoms with Gasteiger partial charge in [0.05, 0.1) is 24.5 Å². The molecule has 1 aliphatic rings. The van der Waals surface area contributed by atoms with E-state index in [1.54, 1.807) is 24.3 Å². The number of aliphatic carboxylic acids is 1. The second-order valence-electron chi connectivity index (χ2n) is 12.0. The maximum atomic E-state index is 13.7. The maximum Gasteiger partial charge on any atom is 0.306 e. The highest BCUT2D eigenvalue weighted by atomic mass is 16.4. The summed E-state index contributed by atoms with van der Waals surface area (Å²) in [5.74, 6) is -5.05. The lowest BCUT2D eigenvalue weighted by Gasteiger charge is -2.26. The average Bonchev–Trinajstić information content (AvgIpc) is 3.00. The van der Waals surface area contributed by atoms with E-state index in [0.717, 1.165) is 0 Å². The minimum atomic E-state index is -1.19. The van der Waals surface area contributed by atoms with Gasteiger partial charge in [0.2, 0.25) is 23.6 Å². The number of unbranched alkanes of at least 4 members (excludes halogenated alkanes) is 1. The van der Waals surface area contributed by atoms with Crippen LogP contribution in [0.1, 0.15) is 64.4 Å². The molecule has 0 radical (unpaired) electrons. The van der Waals surface area contributed by atoms with Gasteiger partial charge in [0.1, 0.15) is 17.8 Å². The SMILES string of the molecule is CC(C)C[C@H](CC(=O)[C@H](Cc1ccc(O)cc1)NC(=O)[C@@H]1CC=CC[C@H](N)C(=O)NCC(=O)N[C@@H](CCCCN)C(=O)N1)C(=O)O. The number of carboxylic acid groups (broad SMARTS) is 1. The fourth-order valence-corrected chi connectivity index (χ4v) is 5.00. The van der Waals surface area contributed by atoms with Crippen LogP contribution < -0.4 is 32.7 Å². The molecule has 0 saturated carbocycles. The number of nitrogens with one attached hydrogen (secondary N) is 4. The van der Waals surface area contributed by atoms with Crippen molar-refractivity contribution >= 4 is 35.4 Å². The number of phenols is 1. The van der Waals surface area contributed by atoms with E-state index in [0.29, 0.717) is 24.9 Å². The molecule has 254 valence electrons. The third kappa shape index (κ3) is 13.4. The largest absolute Gasteiger partial charge is 0.508 e. The molecule has 0 unspecified atom stereocenters. The molecule has 14 nitrogen and oxygen atoms in total. The zero-order chi connectivity index (χ0) is 34.2. The smallest absolute Gasteiger partial charge is 0.306 e. The van der Waals surface area contributed by atoms with Crippen molar-refractivity contribution in [3.8, 4) is 5.75 Å². The number of benzene rings is 1. The summed E-state index contributed by atoms with van der Waals surface area (Å²) in [5.41, 5.74) is 12.1. The maximum absolute atomic E-state index is 13.7. The number of rotatable bonds is 14. The number of hydrogen-bond acceptors (Lipinski definition) is 9. The summed E-state index contributed by atoms with van der Waals surface area (Å²) in [6, 6.07) is 1.73. The van der Waals surface area contributed by atoms with Crippen LogP contribution in [0.15, 0.2) is 36.4 Å². The van der Waals surface area contributed by atoms with Crippen molar-refractivity contribution < 1.29 is 39.0 Å². The number of carbonyl (C=O) groups excluding carboxylic acids is 5. The van der Waals surface area contributed by atoms with Gasteiger partial charge in [-0.2, -0.15) is 0 Å². The third-order valence-corrected chi connectivity index (χ3v) is 7.55. The number of nitrogens with two attached hydrogens (primary N) is 2. The van der Waals surface area contributed by atoms with Crippen molar-refractivity contribution in [2.24, 2.45) is 23.3 Å². The van der Waals surface area contributed by atoms with Crippen LogP contribution in [-0.4, -0.2) is 82.9 Å². The number of Topliss-reactive ketones (excluding diaryl/α,β-unsaturated/α-hetero) is 1. The molecule has 4 amide bonds. The lowest BCUT2D eigenvalue weighted by atomic mass is 9.89. The Morgan fingerprint density at radius 3 is 2.30 bits per heavy atom. The van der Waals surface area contributed by atoms with Crippen LogP contribution in [0.4, 0.5) is 0 Å². The Hall–Kier alpha value is -4.30. The molecule has 0 fully saturated rings. The highest BCUT2D eigenvalue weighted by Crippen LogP contribution is 2.19. The van der Waals surface area contributed by atoms with E-state index in [9.17, 15) is 39.0 Å². The zero-order valence-electron chi connectivity index (χ0n) is 26.5. The summed E-state index contributed by atoms with van der Waals surface area (Å²) in [5, 5.41) is 29.9. The Bertz CT molecular complexity index is 1240. The van der Waals surface area contributed by atoms with E-state index in [4.69, 9.17) is 11.5 Å². The first kappa shape index (κ1) is 37.9. The Morgan fingerprint density at radius 2 is 1.67 bits per heavy atom. The number of ketones is 1. The molecule has 5 atom stereocenters. The number of phenolic OH excluding ortho intramolecular Hbond substituents is 1. The molecule has 1 heterocycles. The van der Waals surface area contributed by atoms with Crippen LogP contribution in [-0.2, 0) is 35.2 Å². The van der Waals surface area contributed by atoms with E-state index in [2.05, 4.69) is 21.3 Å². The summed E-state index contributed by atoms with van der Waals surface area (Å²) in [6.45, 7) is 3.69. The highest BCUT2D eigenvalue weighted by molar-refractivity contribution is 5.96. The number of amides is 4. The lowest BCUT2D eigenvalue weighted by Crippen LogP contribution is -2.57. The van der Waals surface area contributed by atoms with E-state index >= 15 is 0 Å². The molecule has 0 aliphatic carbocycles. The van der Waals surface area contributed by atoms with Gasteiger partial charge in [-0.25, -0.2) is 0 Å². The van der Waals surface area contributed by atoms with Crippen LogP contribution in [0.25, 0.3) is 0 Å². The van der Waals surface area contributed by atoms with Gasteiger partial charge in [-0.3, -0.25) is 28.8 Å². The molecule has 0 saturated heterocycles. The molecule has 2 rings (SSSR count). The first-order valence-corrected chi connectivity index (χ1v) is 15.6. The summed E-state index contributed by atoms with van der Waals surface area (Å²) >= 11 is 0. The van der Waals surface area contributed by atoms with E-state index in [1.807, 2.05) is 13.8 Å². The van der Waals surface area contributed by atoms with Gasteiger partial charge < -0.3 is 42.9 Å². The van der Waals surface area contributed by atoms with E-state index in [-0.39, 0.29) is 50.2 Å². The average molecular weight is 645 g/mol. The normalized spacial score (nSPS) is 20.9. The second-order valence-corrected chi connectivity index (χ2v) is 12.0. The predicted octanol–water partition coefficient (Wildman–Crippen LogP) is 0.0177. The fraction of sp³-hybridized carbons (Fsp3) is 0.562. The second kappa shape index (κ2) is 19.3. The minimum absolute atomic E-state index is 0.0110. The van der Waals surface area contributed by atoms with Crippen molar-refractivity contribution in [1.82, 2.24) is 21.3 Å². The van der Waals surface area contributed by atoms with Gasteiger partial charge in [0.25, 0.3) is 0 Å². The Kier molecular flexibility index (Phi) is 15.9. The van der Waals surface area contributed by atoms with Crippen LogP contribution in [0, 0.1) is 11.8 Å². The topological polar surface area (TPSA) is 243 Å². The molecule has 1 aromatic carbocycles. The van der Waals surface area contributed by atoms with Crippen LogP contribution in [0.2, 0.25) is 0 Å². The fourth-order valence-electron chi connectivity index (χ4n) is 5.00. The molecule has 46 heavy (non-hydrogen) atoms. The molecule has 14 heteroatoms. The number of aromatic hydroxyl groups is 1. The van der Waals surface area contributed by atoms with Gasteiger partial charge in [0, 0.05) is 6.42 Å². The Morgan fingerprint density at radius 1 is 1.00 bits per heavy atom. The molecular weight excluding hydrogens is 596 g/mol. The van der Waals surface area contributed by atoms with Gasteiger partial charge in [-0.05, 0) is 75.1 Å². The number of hydrogen-bond donors (Lipinski definition) is 8. The highest BCUT2D eigenvalue weighted by Gasteiger charge is 2.32. The first-order chi connectivity index (χ1) is 21.8. The van der Waals surface area contributed by atoms with Crippen molar-refractivity contribution in [3.05, 3.63) is 42.0 Å². The summed E-state index contributed by atoms with van der Waals surface area (Å²) in [4.78, 5) is 77.4. The summed E-state index contributed by atoms with van der Waals surface area (Å²) < 4.78 is 0. The standard InChI is InChI=1S/C32H48N6O8/c1-19(2)15-21(32(45)46)17-27(40)26(16-20-10-12-22(39)13-11-20)38-31(44)25-8-4-3-7-23(34)29(42)35-18-28(41)36-24(30(43)37-25)9-5-6-14-33/h3-4,10-13,19,21,23-26,39H,5-9,14-18,33-34H2,1-2H3,(H,35,42)(H,36,41)(H,37,43)(H,38,44)(H,45,46)/t21-,23+,24+,25+,26+/m1/s1. The minimum Gasteiger partial charge on any atom is -0.508 e.